The average Bonchev–Trinajstić information content (AvgIpc) is 2.45. The molecule has 0 aromatic heterocycles. The lowest BCUT2D eigenvalue weighted by molar-refractivity contribution is -0.115. The SMILES string of the molecule is CC(NCC(=O)Nc1cccc(F)c1)c1ccc(Cl)cc1. The summed E-state index contributed by atoms with van der Waals surface area (Å²) in [6.07, 6.45) is 0. The van der Waals surface area contributed by atoms with Gasteiger partial charge in [-0.1, -0.05) is 29.8 Å². The number of carbonyl (C=O) groups excluding carboxylic acids is 1. The molecule has 0 aliphatic heterocycles. The van der Waals surface area contributed by atoms with E-state index in [4.69, 9.17) is 11.6 Å². The normalized spacial score (nSPS) is 12.0. The molecule has 2 rings (SSSR count). The molecule has 3 nitrogen and oxygen atoms in total. The molecule has 2 aromatic carbocycles. The summed E-state index contributed by atoms with van der Waals surface area (Å²) in [4.78, 5) is 11.8. The molecule has 5 heteroatoms. The second-order valence-corrected chi connectivity index (χ2v) is 5.15. The van der Waals surface area contributed by atoms with E-state index in [0.717, 1.165) is 5.56 Å². The van der Waals surface area contributed by atoms with Crippen LogP contribution in [0.5, 0.6) is 0 Å². The lowest BCUT2D eigenvalue weighted by atomic mass is 10.1. The number of benzene rings is 2. The van der Waals surface area contributed by atoms with Crippen molar-refractivity contribution in [2.24, 2.45) is 0 Å². The second kappa shape index (κ2) is 7.20. The molecule has 0 heterocycles. The molecule has 0 spiro atoms. The Balaban J connectivity index is 1.84. The van der Waals surface area contributed by atoms with Crippen molar-refractivity contribution in [2.75, 3.05) is 11.9 Å². The van der Waals surface area contributed by atoms with E-state index in [1.165, 1.54) is 12.1 Å². The third kappa shape index (κ3) is 4.85. The number of rotatable bonds is 5. The largest absolute Gasteiger partial charge is 0.325 e. The summed E-state index contributed by atoms with van der Waals surface area (Å²) in [7, 11) is 0. The van der Waals surface area contributed by atoms with Crippen LogP contribution in [0.1, 0.15) is 18.5 Å². The van der Waals surface area contributed by atoms with Crippen molar-refractivity contribution < 1.29 is 9.18 Å². The predicted octanol–water partition coefficient (Wildman–Crippen LogP) is 3.77. The maximum absolute atomic E-state index is 13.0. The molecule has 0 bridgehead atoms. The zero-order valence-corrected chi connectivity index (χ0v) is 12.3. The summed E-state index contributed by atoms with van der Waals surface area (Å²) in [6.45, 7) is 2.10. The van der Waals surface area contributed by atoms with Crippen molar-refractivity contribution in [3.63, 3.8) is 0 Å². The van der Waals surface area contributed by atoms with E-state index in [9.17, 15) is 9.18 Å². The summed E-state index contributed by atoms with van der Waals surface area (Å²) < 4.78 is 13.0. The molecule has 2 N–H and O–H groups in total. The molecule has 0 saturated carbocycles. The number of anilines is 1. The molecule has 0 aliphatic rings. The average molecular weight is 307 g/mol. The van der Waals surface area contributed by atoms with Crippen LogP contribution < -0.4 is 10.6 Å². The van der Waals surface area contributed by atoms with Gasteiger partial charge in [-0.2, -0.15) is 0 Å². The summed E-state index contributed by atoms with van der Waals surface area (Å²) in [6, 6.07) is 13.2. The van der Waals surface area contributed by atoms with Crippen LogP contribution in [-0.4, -0.2) is 12.5 Å². The minimum Gasteiger partial charge on any atom is -0.325 e. The highest BCUT2D eigenvalue weighted by molar-refractivity contribution is 6.30. The molecule has 0 saturated heterocycles. The number of carbonyl (C=O) groups is 1. The Morgan fingerprint density at radius 1 is 1.24 bits per heavy atom. The maximum Gasteiger partial charge on any atom is 0.238 e. The molecule has 1 unspecified atom stereocenters. The van der Waals surface area contributed by atoms with Crippen LogP contribution in [0.25, 0.3) is 0 Å². The highest BCUT2D eigenvalue weighted by Crippen LogP contribution is 2.15. The van der Waals surface area contributed by atoms with Crippen LogP contribution in [0, 0.1) is 5.82 Å². The fraction of sp³-hybridized carbons (Fsp3) is 0.188. The third-order valence-corrected chi connectivity index (χ3v) is 3.30. The highest BCUT2D eigenvalue weighted by atomic mass is 35.5. The van der Waals surface area contributed by atoms with Gasteiger partial charge in [0.05, 0.1) is 6.54 Å². The van der Waals surface area contributed by atoms with Crippen LogP contribution in [0.15, 0.2) is 48.5 Å². The van der Waals surface area contributed by atoms with E-state index in [1.54, 1.807) is 12.1 Å². The standard InChI is InChI=1S/C16H16ClFN2O/c1-11(12-5-7-13(17)8-6-12)19-10-16(21)20-15-4-2-3-14(18)9-15/h2-9,11,19H,10H2,1H3,(H,20,21). The van der Waals surface area contributed by atoms with Gasteiger partial charge in [0.25, 0.3) is 0 Å². The van der Waals surface area contributed by atoms with Gasteiger partial charge in [-0.05, 0) is 42.8 Å². The minimum absolute atomic E-state index is 0.0144. The number of amides is 1. The molecule has 0 radical (unpaired) electrons. The summed E-state index contributed by atoms with van der Waals surface area (Å²) in [5, 5.41) is 6.42. The predicted molar refractivity (Wildman–Crippen MR) is 82.9 cm³/mol. The minimum atomic E-state index is -0.379. The Morgan fingerprint density at radius 3 is 2.62 bits per heavy atom. The Kier molecular flexibility index (Phi) is 5.31. The van der Waals surface area contributed by atoms with E-state index in [2.05, 4.69) is 10.6 Å². The van der Waals surface area contributed by atoms with Crippen LogP contribution in [0.3, 0.4) is 0 Å². The van der Waals surface area contributed by atoms with Crippen LogP contribution in [-0.2, 0) is 4.79 Å². The van der Waals surface area contributed by atoms with Crippen LogP contribution in [0.4, 0.5) is 10.1 Å². The number of nitrogens with one attached hydrogen (secondary N) is 2. The van der Waals surface area contributed by atoms with E-state index >= 15 is 0 Å². The summed E-state index contributed by atoms with van der Waals surface area (Å²) in [5.74, 6) is -0.600. The Morgan fingerprint density at radius 2 is 1.95 bits per heavy atom. The van der Waals surface area contributed by atoms with Gasteiger partial charge < -0.3 is 10.6 Å². The van der Waals surface area contributed by atoms with Crippen molar-refractivity contribution >= 4 is 23.2 Å². The fourth-order valence-electron chi connectivity index (χ4n) is 1.89. The smallest absolute Gasteiger partial charge is 0.238 e. The molecule has 1 amide bonds. The second-order valence-electron chi connectivity index (χ2n) is 4.71. The lowest BCUT2D eigenvalue weighted by Gasteiger charge is -2.14. The summed E-state index contributed by atoms with van der Waals surface area (Å²) in [5.41, 5.74) is 1.49. The molecule has 2 aromatic rings. The van der Waals surface area contributed by atoms with Gasteiger partial charge in [-0.15, -0.1) is 0 Å². The van der Waals surface area contributed by atoms with Crippen molar-refractivity contribution in [3.05, 3.63) is 64.9 Å². The monoisotopic (exact) mass is 306 g/mol. The Bertz CT molecular complexity index is 616. The summed E-state index contributed by atoms with van der Waals surface area (Å²) >= 11 is 5.83. The molecule has 1 atom stereocenters. The number of hydrogen-bond donors (Lipinski definition) is 2. The van der Waals surface area contributed by atoms with Gasteiger partial charge in [0.1, 0.15) is 5.82 Å². The Hall–Kier alpha value is -1.91. The molecule has 110 valence electrons. The van der Waals surface area contributed by atoms with E-state index < -0.39 is 0 Å². The van der Waals surface area contributed by atoms with Gasteiger partial charge in [-0.3, -0.25) is 4.79 Å². The van der Waals surface area contributed by atoms with E-state index in [1.807, 2.05) is 31.2 Å². The highest BCUT2D eigenvalue weighted by Gasteiger charge is 2.08. The molecule has 21 heavy (non-hydrogen) atoms. The van der Waals surface area contributed by atoms with Crippen molar-refractivity contribution in [1.29, 1.82) is 0 Å². The first-order chi connectivity index (χ1) is 10.0. The van der Waals surface area contributed by atoms with Crippen LogP contribution in [0.2, 0.25) is 5.02 Å². The molecular formula is C16H16ClFN2O. The van der Waals surface area contributed by atoms with E-state index in [-0.39, 0.29) is 24.3 Å². The maximum atomic E-state index is 13.0. The zero-order valence-electron chi connectivity index (χ0n) is 11.6. The lowest BCUT2D eigenvalue weighted by Crippen LogP contribution is -2.30. The number of hydrogen-bond acceptors (Lipinski definition) is 2. The van der Waals surface area contributed by atoms with E-state index in [0.29, 0.717) is 10.7 Å². The fourth-order valence-corrected chi connectivity index (χ4v) is 2.01. The van der Waals surface area contributed by atoms with Gasteiger partial charge in [0.15, 0.2) is 0 Å². The van der Waals surface area contributed by atoms with Crippen molar-refractivity contribution in [1.82, 2.24) is 5.32 Å². The Labute approximate surface area is 128 Å². The quantitative estimate of drug-likeness (QED) is 0.883. The zero-order chi connectivity index (χ0) is 15.2. The van der Waals surface area contributed by atoms with Gasteiger partial charge >= 0.3 is 0 Å². The first-order valence-electron chi connectivity index (χ1n) is 6.59. The third-order valence-electron chi connectivity index (χ3n) is 3.05. The molecule has 0 fully saturated rings. The van der Waals surface area contributed by atoms with Gasteiger partial charge in [-0.25, -0.2) is 4.39 Å². The first-order valence-corrected chi connectivity index (χ1v) is 6.96. The van der Waals surface area contributed by atoms with Gasteiger partial charge in [0, 0.05) is 16.8 Å². The molecule has 0 aliphatic carbocycles. The van der Waals surface area contributed by atoms with Crippen molar-refractivity contribution in [3.8, 4) is 0 Å². The molecular weight excluding hydrogens is 291 g/mol. The number of halogens is 2. The van der Waals surface area contributed by atoms with Crippen molar-refractivity contribution in [2.45, 2.75) is 13.0 Å². The topological polar surface area (TPSA) is 41.1 Å². The first kappa shape index (κ1) is 15.5. The van der Waals surface area contributed by atoms with Gasteiger partial charge in [0.2, 0.25) is 5.91 Å². The van der Waals surface area contributed by atoms with Crippen LogP contribution >= 0.6 is 11.6 Å².